The van der Waals surface area contributed by atoms with E-state index < -0.39 is 22.4 Å². The summed E-state index contributed by atoms with van der Waals surface area (Å²) in [6.45, 7) is 4.57. The van der Waals surface area contributed by atoms with Crippen LogP contribution in [0.4, 0.5) is 24.5 Å². The summed E-state index contributed by atoms with van der Waals surface area (Å²) in [5.41, 5.74) is -1.22. The van der Waals surface area contributed by atoms with Gasteiger partial charge in [-0.05, 0) is 80.2 Å². The number of carbonyl (C=O) groups is 1. The Morgan fingerprint density at radius 2 is 1.83 bits per heavy atom. The largest absolute Gasteiger partial charge is 0.423 e. The summed E-state index contributed by atoms with van der Waals surface area (Å²) in [5.74, 6) is 1.71. The summed E-state index contributed by atoms with van der Waals surface area (Å²) >= 11 is 0. The van der Waals surface area contributed by atoms with Crippen molar-refractivity contribution in [1.29, 1.82) is 0 Å². The first-order valence-electron chi connectivity index (χ1n) is 12.6. The lowest BCUT2D eigenvalue weighted by molar-refractivity contribution is -0.388. The Labute approximate surface area is 203 Å². The quantitative estimate of drug-likeness (QED) is 0.348. The van der Waals surface area contributed by atoms with Crippen molar-refractivity contribution in [1.82, 2.24) is 4.90 Å². The monoisotopic (exact) mass is 491 g/mol. The molecule has 1 saturated heterocycles. The zero-order valence-corrected chi connectivity index (χ0v) is 20.4. The van der Waals surface area contributed by atoms with Crippen LogP contribution >= 0.6 is 0 Å². The number of aliphatic imine (C=N–C) groups is 1. The number of nitro benzene ring substituents is 1. The van der Waals surface area contributed by atoms with Crippen LogP contribution in [-0.4, -0.2) is 34.5 Å². The van der Waals surface area contributed by atoms with E-state index in [0.29, 0.717) is 24.2 Å². The van der Waals surface area contributed by atoms with Gasteiger partial charge < -0.3 is 4.90 Å². The van der Waals surface area contributed by atoms with Crippen LogP contribution in [0.2, 0.25) is 0 Å². The minimum Gasteiger partial charge on any atom is -0.342 e. The summed E-state index contributed by atoms with van der Waals surface area (Å²) in [4.78, 5) is 29.1. The van der Waals surface area contributed by atoms with Crippen LogP contribution in [0.15, 0.2) is 23.2 Å². The lowest BCUT2D eigenvalue weighted by Gasteiger charge is -2.61. The lowest BCUT2D eigenvalue weighted by Crippen LogP contribution is -2.61. The highest BCUT2D eigenvalue weighted by atomic mass is 19.4. The summed E-state index contributed by atoms with van der Waals surface area (Å²) in [5, 5.41) is 11.1. The first kappa shape index (κ1) is 24.3. The summed E-state index contributed by atoms with van der Waals surface area (Å²) in [7, 11) is 1.94. The second-order valence-electron chi connectivity index (χ2n) is 11.5. The maximum atomic E-state index is 13.5. The summed E-state index contributed by atoms with van der Waals surface area (Å²) < 4.78 is 40.4. The van der Waals surface area contributed by atoms with Crippen molar-refractivity contribution in [3.05, 3.63) is 33.9 Å². The first-order chi connectivity index (χ1) is 16.4. The SMILES string of the molecule is CN1C(=O)CC[C@]2(C)[C@H]3CC[C@]4(C)C(=Nc5ccc([N+](=O)[O-])c(C(F)(F)F)c5)CC[C@H]4[C@@H]3CC[C@@H]12. The minimum absolute atomic E-state index is 0.104. The number of hydrogen-bond acceptors (Lipinski definition) is 4. The highest BCUT2D eigenvalue weighted by Gasteiger charge is 2.60. The molecule has 190 valence electrons. The number of carbonyl (C=O) groups excluding carboxylic acids is 1. The van der Waals surface area contributed by atoms with Gasteiger partial charge in [0.25, 0.3) is 5.69 Å². The predicted molar refractivity (Wildman–Crippen MR) is 125 cm³/mol. The number of amides is 1. The number of rotatable bonds is 2. The molecule has 4 aliphatic rings. The standard InChI is InChI=1S/C26H32F3N3O3/c1-24-12-10-18-16(5-9-22-25(18,2)13-11-23(33)31(22)3)17(24)6-8-21(24)30-15-4-7-20(32(34)35)19(14-15)26(27,28)29/h4,7,14,16-18,22H,5-6,8-13H2,1-3H3/t16-,17-,18-,22+,24-,25+/m0/s1. The Kier molecular flexibility index (Phi) is 5.57. The molecule has 1 aromatic carbocycles. The van der Waals surface area contributed by atoms with Crippen molar-refractivity contribution in [2.45, 2.75) is 77.4 Å². The lowest BCUT2D eigenvalue weighted by atomic mass is 9.47. The minimum atomic E-state index is -4.82. The maximum absolute atomic E-state index is 13.5. The fraction of sp³-hybridized carbons (Fsp3) is 0.692. The molecule has 5 rings (SSSR count). The molecule has 0 bridgehead atoms. The van der Waals surface area contributed by atoms with E-state index in [4.69, 9.17) is 0 Å². The van der Waals surface area contributed by atoms with Gasteiger partial charge >= 0.3 is 6.18 Å². The van der Waals surface area contributed by atoms with Gasteiger partial charge in [-0.1, -0.05) is 13.8 Å². The van der Waals surface area contributed by atoms with Crippen LogP contribution in [-0.2, 0) is 11.0 Å². The molecule has 1 heterocycles. The zero-order chi connectivity index (χ0) is 25.3. The fourth-order valence-electron chi connectivity index (χ4n) is 8.26. The van der Waals surface area contributed by atoms with E-state index in [9.17, 15) is 28.1 Å². The summed E-state index contributed by atoms with van der Waals surface area (Å²) in [6.07, 6.45) is 2.42. The van der Waals surface area contributed by atoms with E-state index in [1.54, 1.807) is 0 Å². The third kappa shape index (κ3) is 3.68. The van der Waals surface area contributed by atoms with E-state index in [2.05, 4.69) is 18.8 Å². The van der Waals surface area contributed by atoms with Crippen molar-refractivity contribution in [3.8, 4) is 0 Å². The molecule has 0 N–H and O–H groups in total. The summed E-state index contributed by atoms with van der Waals surface area (Å²) in [6, 6.07) is 3.33. The average molecular weight is 492 g/mol. The number of nitro groups is 1. The van der Waals surface area contributed by atoms with Gasteiger partial charge in [0.2, 0.25) is 5.91 Å². The number of fused-ring (bicyclic) bond motifs is 5. The van der Waals surface area contributed by atoms with Crippen LogP contribution in [0.1, 0.15) is 70.8 Å². The molecule has 0 spiro atoms. The second-order valence-corrected chi connectivity index (χ2v) is 11.5. The second kappa shape index (κ2) is 8.03. The van der Waals surface area contributed by atoms with Gasteiger partial charge in [0.05, 0.1) is 10.6 Å². The Hall–Kier alpha value is -2.45. The Morgan fingerprint density at radius 1 is 1.09 bits per heavy atom. The van der Waals surface area contributed by atoms with Crippen molar-refractivity contribution >= 4 is 23.0 Å². The van der Waals surface area contributed by atoms with Gasteiger partial charge in [-0.2, -0.15) is 13.2 Å². The predicted octanol–water partition coefficient (Wildman–Crippen LogP) is 6.55. The zero-order valence-electron chi connectivity index (χ0n) is 20.4. The molecule has 3 aliphatic carbocycles. The third-order valence-electron chi connectivity index (χ3n) is 10.0. The Balaban J connectivity index is 1.44. The molecule has 1 aromatic rings. The smallest absolute Gasteiger partial charge is 0.342 e. The van der Waals surface area contributed by atoms with E-state index >= 15 is 0 Å². The van der Waals surface area contributed by atoms with Crippen molar-refractivity contribution in [2.75, 3.05) is 7.05 Å². The van der Waals surface area contributed by atoms with Crippen LogP contribution in [0.5, 0.6) is 0 Å². The van der Waals surface area contributed by atoms with E-state index in [1.165, 1.54) is 6.07 Å². The van der Waals surface area contributed by atoms with Crippen LogP contribution in [0.25, 0.3) is 0 Å². The fourth-order valence-corrected chi connectivity index (χ4v) is 8.26. The molecule has 35 heavy (non-hydrogen) atoms. The normalized spacial score (nSPS) is 38.2. The highest BCUT2D eigenvalue weighted by molar-refractivity contribution is 5.94. The number of hydrogen-bond donors (Lipinski definition) is 0. The number of benzene rings is 1. The van der Waals surface area contributed by atoms with Gasteiger partial charge in [0, 0.05) is 36.7 Å². The number of nitrogens with zero attached hydrogens (tertiary/aromatic N) is 3. The molecule has 9 heteroatoms. The van der Waals surface area contributed by atoms with E-state index in [-0.39, 0.29) is 28.5 Å². The number of likely N-dealkylation sites (tertiary alicyclic amines) is 1. The molecule has 1 amide bonds. The first-order valence-corrected chi connectivity index (χ1v) is 12.6. The third-order valence-corrected chi connectivity index (χ3v) is 10.0. The van der Waals surface area contributed by atoms with Crippen LogP contribution < -0.4 is 0 Å². The van der Waals surface area contributed by atoms with Crippen molar-refractivity contribution < 1.29 is 22.9 Å². The molecule has 0 aromatic heterocycles. The van der Waals surface area contributed by atoms with Gasteiger partial charge in [-0.15, -0.1) is 0 Å². The van der Waals surface area contributed by atoms with Crippen LogP contribution in [0, 0.1) is 38.7 Å². The van der Waals surface area contributed by atoms with Crippen LogP contribution in [0.3, 0.4) is 0 Å². The number of piperidine rings is 1. The molecule has 0 unspecified atom stereocenters. The number of halogens is 3. The van der Waals surface area contributed by atoms with Gasteiger partial charge in [-0.25, -0.2) is 0 Å². The van der Waals surface area contributed by atoms with Gasteiger partial charge in [0.15, 0.2) is 0 Å². The number of alkyl halides is 3. The molecule has 1 aliphatic heterocycles. The van der Waals surface area contributed by atoms with E-state index in [1.807, 2.05) is 11.9 Å². The molecular formula is C26H32F3N3O3. The molecule has 4 fully saturated rings. The Morgan fingerprint density at radius 3 is 2.51 bits per heavy atom. The van der Waals surface area contributed by atoms with Gasteiger partial charge in [0.1, 0.15) is 5.56 Å². The molecule has 6 atom stereocenters. The van der Waals surface area contributed by atoms with E-state index in [0.717, 1.165) is 62.8 Å². The van der Waals surface area contributed by atoms with Gasteiger partial charge in [-0.3, -0.25) is 19.9 Å². The molecule has 3 saturated carbocycles. The highest BCUT2D eigenvalue weighted by Crippen LogP contribution is 2.64. The molecule has 0 radical (unpaired) electrons. The van der Waals surface area contributed by atoms with Crippen molar-refractivity contribution in [2.24, 2.45) is 33.6 Å². The average Bonchev–Trinajstić information content (AvgIpc) is 3.12. The Bertz CT molecular complexity index is 1100. The topological polar surface area (TPSA) is 75.8 Å². The van der Waals surface area contributed by atoms with Crippen molar-refractivity contribution in [3.63, 3.8) is 0 Å². The molecular weight excluding hydrogens is 459 g/mol. The molecule has 6 nitrogen and oxygen atoms in total. The maximum Gasteiger partial charge on any atom is 0.423 e.